The number of benzene rings is 2. The Morgan fingerprint density at radius 3 is 2.36 bits per heavy atom. The molecule has 0 amide bonds. The summed E-state index contributed by atoms with van der Waals surface area (Å²) in [5.74, 6) is 7.15. The number of hydrogen-bond acceptors (Lipinski definition) is 3. The highest BCUT2D eigenvalue weighted by molar-refractivity contribution is 6.30. The maximum atomic E-state index is 5.94. The zero-order valence-corrected chi connectivity index (χ0v) is 16.2. The number of hydrogen-bond donors (Lipinski definition) is 1. The average molecular weight is 389 g/mol. The number of ether oxygens (including phenoxy) is 1. The summed E-state index contributed by atoms with van der Waals surface area (Å²) in [5.41, 5.74) is 3.81. The van der Waals surface area contributed by atoms with Gasteiger partial charge < -0.3 is 10.1 Å². The molecule has 28 heavy (non-hydrogen) atoms. The molecular formula is C24H21ClN2O. The minimum Gasteiger partial charge on any atom is -0.494 e. The molecule has 0 bridgehead atoms. The van der Waals surface area contributed by atoms with Gasteiger partial charge >= 0.3 is 0 Å². The van der Waals surface area contributed by atoms with Crippen molar-refractivity contribution in [1.29, 1.82) is 0 Å². The van der Waals surface area contributed by atoms with Gasteiger partial charge in [0.15, 0.2) is 0 Å². The summed E-state index contributed by atoms with van der Waals surface area (Å²) in [4.78, 5) is 4.44. The lowest BCUT2D eigenvalue weighted by Crippen LogP contribution is -2.43. The predicted molar refractivity (Wildman–Crippen MR) is 114 cm³/mol. The van der Waals surface area contributed by atoms with Crippen molar-refractivity contribution in [3.8, 4) is 28.7 Å². The van der Waals surface area contributed by atoms with E-state index in [1.807, 2.05) is 66.9 Å². The smallest absolute Gasteiger partial charge is 0.119 e. The van der Waals surface area contributed by atoms with E-state index in [1.54, 1.807) is 0 Å². The van der Waals surface area contributed by atoms with Crippen LogP contribution in [0.2, 0.25) is 5.02 Å². The van der Waals surface area contributed by atoms with E-state index < -0.39 is 0 Å². The molecule has 4 rings (SSSR count). The molecule has 3 aromatic rings. The first-order valence-corrected chi connectivity index (χ1v) is 9.84. The normalized spacial score (nSPS) is 15.2. The van der Waals surface area contributed by atoms with Crippen molar-refractivity contribution in [3.05, 3.63) is 83.1 Å². The first kappa shape index (κ1) is 18.6. The molecule has 1 aliphatic rings. The van der Waals surface area contributed by atoms with Crippen LogP contribution < -0.4 is 10.1 Å². The summed E-state index contributed by atoms with van der Waals surface area (Å²) in [6.45, 7) is 1.88. The quantitative estimate of drug-likeness (QED) is 0.629. The van der Waals surface area contributed by atoms with Gasteiger partial charge in [0.2, 0.25) is 0 Å². The molecule has 1 saturated heterocycles. The molecule has 1 unspecified atom stereocenters. The van der Waals surface area contributed by atoms with Gasteiger partial charge in [-0.3, -0.25) is 0 Å². The zero-order chi connectivity index (χ0) is 19.2. The highest BCUT2D eigenvalue weighted by atomic mass is 35.5. The van der Waals surface area contributed by atoms with E-state index in [2.05, 4.69) is 22.1 Å². The van der Waals surface area contributed by atoms with Crippen molar-refractivity contribution in [2.75, 3.05) is 13.2 Å². The van der Waals surface area contributed by atoms with Crippen LogP contribution in [0.5, 0.6) is 5.75 Å². The van der Waals surface area contributed by atoms with Gasteiger partial charge in [0.25, 0.3) is 0 Å². The second-order valence-corrected chi connectivity index (χ2v) is 7.23. The van der Waals surface area contributed by atoms with Gasteiger partial charge in [0.1, 0.15) is 11.4 Å². The van der Waals surface area contributed by atoms with Crippen LogP contribution in [0, 0.1) is 11.8 Å². The van der Waals surface area contributed by atoms with Crippen LogP contribution in [0.3, 0.4) is 0 Å². The molecule has 1 atom stereocenters. The van der Waals surface area contributed by atoms with E-state index in [0.717, 1.165) is 52.7 Å². The number of rotatable bonds is 5. The summed E-state index contributed by atoms with van der Waals surface area (Å²) in [6, 6.07) is 20.2. The van der Waals surface area contributed by atoms with Gasteiger partial charge in [-0.25, -0.2) is 4.98 Å². The minimum atomic E-state index is 0.628. The van der Waals surface area contributed by atoms with Gasteiger partial charge in [0, 0.05) is 28.4 Å². The maximum Gasteiger partial charge on any atom is 0.119 e. The molecule has 2 heterocycles. The third-order valence-corrected chi connectivity index (χ3v) is 5.04. The van der Waals surface area contributed by atoms with Crippen molar-refractivity contribution in [1.82, 2.24) is 10.3 Å². The van der Waals surface area contributed by atoms with E-state index in [1.165, 1.54) is 6.42 Å². The second-order valence-electron chi connectivity index (χ2n) is 6.79. The third-order valence-electron chi connectivity index (χ3n) is 4.79. The van der Waals surface area contributed by atoms with Crippen molar-refractivity contribution in [2.24, 2.45) is 0 Å². The van der Waals surface area contributed by atoms with Crippen molar-refractivity contribution < 1.29 is 4.74 Å². The van der Waals surface area contributed by atoms with Crippen LogP contribution >= 0.6 is 11.6 Å². The fourth-order valence-electron chi connectivity index (χ4n) is 2.97. The highest BCUT2D eigenvalue weighted by Gasteiger charge is 2.15. The predicted octanol–water partition coefficient (Wildman–Crippen LogP) is 4.93. The summed E-state index contributed by atoms with van der Waals surface area (Å²) >= 11 is 5.94. The highest BCUT2D eigenvalue weighted by Crippen LogP contribution is 2.20. The number of aromatic nitrogens is 1. The topological polar surface area (TPSA) is 34.1 Å². The Kier molecular flexibility index (Phi) is 5.92. The molecule has 3 nitrogen and oxygen atoms in total. The molecule has 1 aromatic heterocycles. The maximum absolute atomic E-state index is 5.94. The second kappa shape index (κ2) is 8.93. The zero-order valence-electron chi connectivity index (χ0n) is 15.5. The van der Waals surface area contributed by atoms with Crippen LogP contribution in [-0.2, 0) is 0 Å². The van der Waals surface area contributed by atoms with E-state index in [-0.39, 0.29) is 0 Å². The number of nitrogens with one attached hydrogen (secondary N) is 1. The van der Waals surface area contributed by atoms with Gasteiger partial charge in [-0.05, 0) is 73.3 Å². The minimum absolute atomic E-state index is 0.628. The van der Waals surface area contributed by atoms with Crippen molar-refractivity contribution >= 4 is 11.6 Å². The molecule has 0 radical (unpaired) electrons. The fraction of sp³-hybridized carbons (Fsp3) is 0.208. The lowest BCUT2D eigenvalue weighted by Gasteiger charge is -2.27. The molecule has 1 fully saturated rings. The largest absolute Gasteiger partial charge is 0.494 e. The van der Waals surface area contributed by atoms with Crippen molar-refractivity contribution in [3.63, 3.8) is 0 Å². The number of nitrogens with zero attached hydrogens (tertiary/aromatic N) is 1. The standard InChI is InChI=1S/C24H21ClN2O/c25-21-7-4-19(5-8-21)20-6-10-22(27-17-20)9-1-18-2-11-24(12-3-18)28-16-14-23-13-15-26-23/h2-8,10-12,17,23,26H,13-16H2. The summed E-state index contributed by atoms with van der Waals surface area (Å²) in [5, 5.41) is 4.11. The Labute approximate surface area is 170 Å². The molecule has 0 spiro atoms. The molecule has 1 aliphatic heterocycles. The lowest BCUT2D eigenvalue weighted by atomic mass is 10.0. The lowest BCUT2D eigenvalue weighted by molar-refractivity contribution is 0.252. The Bertz CT molecular complexity index is 966. The van der Waals surface area contributed by atoms with E-state index in [9.17, 15) is 0 Å². The summed E-state index contributed by atoms with van der Waals surface area (Å²) in [7, 11) is 0. The van der Waals surface area contributed by atoms with Crippen LogP contribution in [0.15, 0.2) is 66.9 Å². The summed E-state index contributed by atoms with van der Waals surface area (Å²) < 4.78 is 5.78. The number of halogens is 1. The first-order valence-electron chi connectivity index (χ1n) is 9.46. The van der Waals surface area contributed by atoms with Crippen LogP contribution in [0.4, 0.5) is 0 Å². The van der Waals surface area contributed by atoms with Gasteiger partial charge in [-0.15, -0.1) is 0 Å². The average Bonchev–Trinajstić information content (AvgIpc) is 2.70. The van der Waals surface area contributed by atoms with Crippen LogP contribution in [0.25, 0.3) is 11.1 Å². The van der Waals surface area contributed by atoms with E-state index >= 15 is 0 Å². The van der Waals surface area contributed by atoms with Gasteiger partial charge in [-0.1, -0.05) is 35.7 Å². The monoisotopic (exact) mass is 388 g/mol. The molecule has 1 N–H and O–H groups in total. The van der Waals surface area contributed by atoms with E-state index in [4.69, 9.17) is 16.3 Å². The molecule has 4 heteroatoms. The molecule has 2 aromatic carbocycles. The van der Waals surface area contributed by atoms with E-state index in [0.29, 0.717) is 6.04 Å². The molecule has 140 valence electrons. The molecule has 0 aliphatic carbocycles. The SMILES string of the molecule is Clc1ccc(-c2ccc(C#Cc3ccc(OCCC4CCN4)cc3)nc2)cc1. The Morgan fingerprint density at radius 2 is 1.71 bits per heavy atom. The van der Waals surface area contributed by atoms with Gasteiger partial charge in [-0.2, -0.15) is 0 Å². The van der Waals surface area contributed by atoms with Crippen LogP contribution in [0.1, 0.15) is 24.1 Å². The Morgan fingerprint density at radius 1 is 0.964 bits per heavy atom. The first-order chi connectivity index (χ1) is 13.8. The number of pyridine rings is 1. The third kappa shape index (κ3) is 4.92. The summed E-state index contributed by atoms with van der Waals surface area (Å²) in [6.07, 6.45) is 4.15. The fourth-order valence-corrected chi connectivity index (χ4v) is 3.09. The molecule has 0 saturated carbocycles. The van der Waals surface area contributed by atoms with Crippen LogP contribution in [-0.4, -0.2) is 24.2 Å². The molecular weight excluding hydrogens is 368 g/mol. The Balaban J connectivity index is 1.34. The Hall–Kier alpha value is -2.80. The van der Waals surface area contributed by atoms with Gasteiger partial charge in [0.05, 0.1) is 6.61 Å². The van der Waals surface area contributed by atoms with Crippen molar-refractivity contribution in [2.45, 2.75) is 18.9 Å².